The summed E-state index contributed by atoms with van der Waals surface area (Å²) in [6.07, 6.45) is 7.00. The second kappa shape index (κ2) is 5.94. The molecule has 0 amide bonds. The lowest BCUT2D eigenvalue weighted by Crippen LogP contribution is -1.96. The van der Waals surface area contributed by atoms with Gasteiger partial charge in [-0.1, -0.05) is 24.3 Å². The molecule has 2 aromatic heterocycles. The predicted octanol–water partition coefficient (Wildman–Crippen LogP) is 5.40. The van der Waals surface area contributed by atoms with E-state index in [2.05, 4.69) is 38.0 Å². The molecule has 2 atom stereocenters. The van der Waals surface area contributed by atoms with Gasteiger partial charge < -0.3 is 10.2 Å². The van der Waals surface area contributed by atoms with Crippen LogP contribution in [0.5, 0.6) is 11.8 Å². The summed E-state index contributed by atoms with van der Waals surface area (Å²) in [5.74, 6) is 1.29. The van der Waals surface area contributed by atoms with E-state index in [9.17, 15) is 10.2 Å². The van der Waals surface area contributed by atoms with Gasteiger partial charge in [-0.15, -0.1) is 0 Å². The van der Waals surface area contributed by atoms with E-state index in [-0.39, 0.29) is 23.6 Å². The van der Waals surface area contributed by atoms with Crippen LogP contribution in [0.15, 0.2) is 65.3 Å². The van der Waals surface area contributed by atoms with Gasteiger partial charge in [-0.2, -0.15) is 0 Å². The number of aromatic nitrogens is 3. The molecule has 2 heterocycles. The summed E-state index contributed by atoms with van der Waals surface area (Å²) >= 11 is 3.54. The van der Waals surface area contributed by atoms with Crippen molar-refractivity contribution in [3.63, 3.8) is 0 Å². The van der Waals surface area contributed by atoms with Crippen molar-refractivity contribution < 1.29 is 10.2 Å². The summed E-state index contributed by atoms with van der Waals surface area (Å²) in [4.78, 5) is 9.16. The van der Waals surface area contributed by atoms with Crippen molar-refractivity contribution in [3.8, 4) is 28.8 Å². The molecule has 0 spiro atoms. The maximum absolute atomic E-state index is 10.8. The van der Waals surface area contributed by atoms with Crippen LogP contribution in [0.2, 0.25) is 0 Å². The fraction of sp³-hybridized carbons (Fsp3) is 0.130. The number of fused-ring (bicyclic) bond motifs is 6. The molecular formula is C23H16BrN3O2. The number of aromatic hydroxyl groups is 2. The SMILES string of the molecule is Oc1c2c(c(O)n1-c1ccc(-c3ncc4cccc(Br)c4n3)cc1)[C@H]1C=CC2C1. The van der Waals surface area contributed by atoms with Crippen molar-refractivity contribution >= 4 is 26.8 Å². The monoisotopic (exact) mass is 445 g/mol. The third-order valence-electron chi connectivity index (χ3n) is 5.97. The van der Waals surface area contributed by atoms with Gasteiger partial charge in [0.1, 0.15) is 0 Å². The van der Waals surface area contributed by atoms with Crippen LogP contribution in [0.3, 0.4) is 0 Å². The molecule has 2 aliphatic carbocycles. The normalized spacial score (nSPS) is 19.2. The van der Waals surface area contributed by atoms with Crippen molar-refractivity contribution in [2.75, 3.05) is 0 Å². The van der Waals surface area contributed by atoms with Crippen LogP contribution in [-0.2, 0) is 0 Å². The van der Waals surface area contributed by atoms with Gasteiger partial charge in [0.15, 0.2) is 5.82 Å². The van der Waals surface area contributed by atoms with E-state index in [1.165, 1.54) is 4.57 Å². The highest BCUT2D eigenvalue weighted by Crippen LogP contribution is 2.57. The van der Waals surface area contributed by atoms with E-state index in [0.29, 0.717) is 11.5 Å². The van der Waals surface area contributed by atoms with Crippen LogP contribution in [-0.4, -0.2) is 24.7 Å². The molecule has 6 rings (SSSR count). The van der Waals surface area contributed by atoms with E-state index in [0.717, 1.165) is 38.5 Å². The Kier molecular flexibility index (Phi) is 3.44. The first kappa shape index (κ1) is 16.8. The summed E-state index contributed by atoms with van der Waals surface area (Å²) in [6.45, 7) is 0. The van der Waals surface area contributed by atoms with E-state index in [4.69, 9.17) is 0 Å². The van der Waals surface area contributed by atoms with Crippen LogP contribution in [0.25, 0.3) is 28.0 Å². The molecule has 6 heteroatoms. The second-order valence-corrected chi connectivity index (χ2v) is 8.42. The molecule has 0 aliphatic heterocycles. The molecule has 142 valence electrons. The summed E-state index contributed by atoms with van der Waals surface area (Å²) in [5, 5.41) is 22.5. The van der Waals surface area contributed by atoms with E-state index >= 15 is 0 Å². The first-order chi connectivity index (χ1) is 14.1. The van der Waals surface area contributed by atoms with Crippen LogP contribution >= 0.6 is 15.9 Å². The fourth-order valence-corrected chi connectivity index (χ4v) is 5.07. The van der Waals surface area contributed by atoms with Crippen LogP contribution in [0.4, 0.5) is 0 Å². The molecule has 5 nitrogen and oxygen atoms in total. The maximum atomic E-state index is 10.8. The van der Waals surface area contributed by atoms with Gasteiger partial charge in [-0.05, 0) is 52.7 Å². The average molecular weight is 446 g/mol. The number of hydrogen-bond acceptors (Lipinski definition) is 4. The molecule has 2 aliphatic rings. The lowest BCUT2D eigenvalue weighted by molar-refractivity contribution is 0.395. The highest BCUT2D eigenvalue weighted by Gasteiger charge is 2.41. The number of rotatable bonds is 2. The number of halogens is 1. The Hall–Kier alpha value is -3.12. The summed E-state index contributed by atoms with van der Waals surface area (Å²) in [6, 6.07) is 13.4. The van der Waals surface area contributed by atoms with Crippen LogP contribution in [0, 0.1) is 0 Å². The molecule has 2 aromatic carbocycles. The smallest absolute Gasteiger partial charge is 0.202 e. The van der Waals surface area contributed by atoms with Crippen molar-refractivity contribution in [2.45, 2.75) is 18.3 Å². The lowest BCUT2D eigenvalue weighted by atomic mass is 10.0. The van der Waals surface area contributed by atoms with E-state index in [1.54, 1.807) is 0 Å². The Morgan fingerprint density at radius 1 is 0.931 bits per heavy atom. The number of benzene rings is 2. The van der Waals surface area contributed by atoms with Gasteiger partial charge in [0, 0.05) is 44.6 Å². The van der Waals surface area contributed by atoms with Gasteiger partial charge in [0.25, 0.3) is 0 Å². The highest BCUT2D eigenvalue weighted by atomic mass is 79.9. The molecule has 4 aromatic rings. The Morgan fingerprint density at radius 2 is 1.62 bits per heavy atom. The molecule has 2 bridgehead atoms. The molecule has 2 N–H and O–H groups in total. The van der Waals surface area contributed by atoms with Gasteiger partial charge in [-0.25, -0.2) is 9.97 Å². The number of hydrogen-bond donors (Lipinski definition) is 2. The largest absolute Gasteiger partial charge is 0.494 e. The molecule has 0 fully saturated rings. The number of para-hydroxylation sites is 1. The Morgan fingerprint density at radius 3 is 2.31 bits per heavy atom. The lowest BCUT2D eigenvalue weighted by Gasteiger charge is -2.10. The first-order valence-corrected chi connectivity index (χ1v) is 10.3. The number of nitrogens with zero attached hydrogens (tertiary/aromatic N) is 3. The predicted molar refractivity (Wildman–Crippen MR) is 115 cm³/mol. The van der Waals surface area contributed by atoms with E-state index in [1.807, 2.05) is 48.7 Å². The second-order valence-electron chi connectivity index (χ2n) is 7.56. The fourth-order valence-electron chi connectivity index (χ4n) is 4.60. The Balaban J connectivity index is 1.41. The highest BCUT2D eigenvalue weighted by molar-refractivity contribution is 9.10. The topological polar surface area (TPSA) is 71.2 Å². The van der Waals surface area contributed by atoms with E-state index < -0.39 is 0 Å². The maximum Gasteiger partial charge on any atom is 0.202 e. The van der Waals surface area contributed by atoms with Gasteiger partial charge >= 0.3 is 0 Å². The average Bonchev–Trinajstić information content (AvgIpc) is 3.42. The molecular weight excluding hydrogens is 430 g/mol. The van der Waals surface area contributed by atoms with Gasteiger partial charge in [0.2, 0.25) is 11.8 Å². The van der Waals surface area contributed by atoms with Crippen molar-refractivity contribution in [3.05, 3.63) is 76.4 Å². The Bertz CT molecular complexity index is 1290. The Labute approximate surface area is 175 Å². The standard InChI is InChI=1S/C23H16BrN3O2/c24-17-3-1-2-15-11-25-21(26-20(15)17)12-6-8-16(9-7-12)27-22(28)18-13-4-5-14(10-13)19(18)23(27)29/h1-9,11,13-14,28-29H,10H2/t13-,14?/m0/s1. The third kappa shape index (κ3) is 2.32. The minimum Gasteiger partial charge on any atom is -0.494 e. The molecule has 1 unspecified atom stereocenters. The summed E-state index contributed by atoms with van der Waals surface area (Å²) in [5.41, 5.74) is 4.16. The zero-order valence-electron chi connectivity index (χ0n) is 15.2. The summed E-state index contributed by atoms with van der Waals surface area (Å²) in [7, 11) is 0. The van der Waals surface area contributed by atoms with Gasteiger partial charge in [0.05, 0.1) is 11.2 Å². The zero-order valence-corrected chi connectivity index (χ0v) is 16.8. The molecule has 0 saturated heterocycles. The number of allylic oxidation sites excluding steroid dienone is 2. The molecule has 29 heavy (non-hydrogen) atoms. The quantitative estimate of drug-likeness (QED) is 0.405. The first-order valence-electron chi connectivity index (χ1n) is 9.48. The van der Waals surface area contributed by atoms with Crippen molar-refractivity contribution in [1.82, 2.24) is 14.5 Å². The van der Waals surface area contributed by atoms with Crippen LogP contribution < -0.4 is 0 Å². The minimum absolute atomic E-state index is 0.132. The van der Waals surface area contributed by atoms with Crippen LogP contribution in [0.1, 0.15) is 29.4 Å². The molecule has 0 saturated carbocycles. The minimum atomic E-state index is 0.132. The molecule has 0 radical (unpaired) electrons. The zero-order chi connectivity index (χ0) is 19.7. The van der Waals surface area contributed by atoms with Crippen molar-refractivity contribution in [1.29, 1.82) is 0 Å². The van der Waals surface area contributed by atoms with Gasteiger partial charge in [-0.3, -0.25) is 4.57 Å². The summed E-state index contributed by atoms with van der Waals surface area (Å²) < 4.78 is 2.45. The third-order valence-corrected chi connectivity index (χ3v) is 6.61. The van der Waals surface area contributed by atoms with Crippen molar-refractivity contribution in [2.24, 2.45) is 0 Å².